The average Bonchev–Trinajstić information content (AvgIpc) is 2.35. The van der Waals surface area contributed by atoms with Crippen molar-refractivity contribution in [3.8, 4) is 0 Å². The fraction of sp³-hybridized carbons (Fsp3) is 0.182. The highest BCUT2D eigenvalue weighted by Crippen LogP contribution is 2.28. The first-order valence-corrected chi connectivity index (χ1v) is 5.02. The summed E-state index contributed by atoms with van der Waals surface area (Å²) in [6.07, 6.45) is 0.531. The molecule has 0 fully saturated rings. The van der Waals surface area contributed by atoms with E-state index >= 15 is 0 Å². The number of hydrazine groups is 1. The van der Waals surface area contributed by atoms with Gasteiger partial charge in [0.2, 0.25) is 0 Å². The van der Waals surface area contributed by atoms with Crippen molar-refractivity contribution in [2.24, 2.45) is 5.84 Å². The van der Waals surface area contributed by atoms with E-state index < -0.39 is 17.5 Å². The first-order valence-electron chi connectivity index (χ1n) is 5.02. The Kier molecular flexibility index (Phi) is 2.89. The fourth-order valence-corrected chi connectivity index (χ4v) is 1.62. The number of anilines is 1. The van der Waals surface area contributed by atoms with Crippen LogP contribution >= 0.6 is 0 Å². The van der Waals surface area contributed by atoms with Gasteiger partial charge in [-0.05, 0) is 18.6 Å². The maximum atomic E-state index is 13.5. The molecule has 0 spiro atoms. The minimum absolute atomic E-state index is 0.112. The fourth-order valence-electron chi connectivity index (χ4n) is 1.62. The molecule has 0 bridgehead atoms. The van der Waals surface area contributed by atoms with E-state index in [4.69, 9.17) is 5.84 Å². The second-order valence-corrected chi connectivity index (χ2v) is 3.54. The van der Waals surface area contributed by atoms with Crippen LogP contribution in [-0.2, 0) is 6.42 Å². The normalized spacial score (nSPS) is 10.9. The summed E-state index contributed by atoms with van der Waals surface area (Å²) in [6.45, 7) is 1.81. The summed E-state index contributed by atoms with van der Waals surface area (Å²) in [5.74, 6) is 1.17. The number of aromatic nitrogens is 1. The zero-order chi connectivity index (χ0) is 12.6. The van der Waals surface area contributed by atoms with Crippen molar-refractivity contribution < 1.29 is 13.2 Å². The van der Waals surface area contributed by atoms with Crippen molar-refractivity contribution in [3.05, 3.63) is 35.3 Å². The number of nitrogens with one attached hydrogen (secondary N) is 1. The van der Waals surface area contributed by atoms with Crippen molar-refractivity contribution >= 4 is 16.6 Å². The van der Waals surface area contributed by atoms with Gasteiger partial charge in [0, 0.05) is 11.1 Å². The quantitative estimate of drug-likeness (QED) is 0.482. The molecule has 3 N–H and O–H groups in total. The second kappa shape index (κ2) is 4.21. The zero-order valence-electron chi connectivity index (χ0n) is 9.02. The summed E-state index contributed by atoms with van der Waals surface area (Å²) in [4.78, 5) is 3.93. The Morgan fingerprint density at radius 1 is 1.24 bits per heavy atom. The summed E-state index contributed by atoms with van der Waals surface area (Å²) in [7, 11) is 0. The molecule has 0 atom stereocenters. The number of hydrogen-bond acceptors (Lipinski definition) is 3. The topological polar surface area (TPSA) is 50.9 Å². The van der Waals surface area contributed by atoms with Gasteiger partial charge in [-0.3, -0.25) is 5.84 Å². The molecule has 2 aromatic rings. The number of hydrogen-bond donors (Lipinski definition) is 2. The Bertz CT molecular complexity index is 584. The molecule has 6 heteroatoms. The molecule has 0 unspecified atom stereocenters. The molecule has 0 aliphatic rings. The van der Waals surface area contributed by atoms with Gasteiger partial charge in [0.25, 0.3) is 0 Å². The maximum Gasteiger partial charge on any atom is 0.196 e. The van der Waals surface area contributed by atoms with Gasteiger partial charge in [-0.15, -0.1) is 0 Å². The molecule has 0 saturated heterocycles. The first-order chi connectivity index (χ1) is 8.08. The molecule has 0 aliphatic heterocycles. The van der Waals surface area contributed by atoms with E-state index in [1.54, 1.807) is 6.07 Å². The summed E-state index contributed by atoms with van der Waals surface area (Å²) >= 11 is 0. The lowest BCUT2D eigenvalue weighted by atomic mass is 10.1. The van der Waals surface area contributed by atoms with E-state index in [1.807, 2.05) is 6.92 Å². The summed E-state index contributed by atoms with van der Waals surface area (Å²) in [5.41, 5.74) is 2.94. The molecule has 1 aromatic heterocycles. The zero-order valence-corrected chi connectivity index (χ0v) is 9.02. The van der Waals surface area contributed by atoms with Crippen LogP contribution in [0.15, 0.2) is 12.1 Å². The highest BCUT2D eigenvalue weighted by molar-refractivity contribution is 5.91. The number of pyridine rings is 1. The lowest BCUT2D eigenvalue weighted by Gasteiger charge is -2.09. The van der Waals surface area contributed by atoms with Crippen LogP contribution in [0.25, 0.3) is 10.9 Å². The Hall–Kier alpha value is -1.82. The van der Waals surface area contributed by atoms with Crippen molar-refractivity contribution in [2.45, 2.75) is 13.3 Å². The average molecular weight is 241 g/mol. The van der Waals surface area contributed by atoms with E-state index in [9.17, 15) is 13.2 Å². The molecule has 1 heterocycles. The van der Waals surface area contributed by atoms with Crippen LogP contribution in [-0.4, -0.2) is 4.98 Å². The van der Waals surface area contributed by atoms with Gasteiger partial charge >= 0.3 is 0 Å². The van der Waals surface area contributed by atoms with Crippen LogP contribution in [0.4, 0.5) is 18.9 Å². The van der Waals surface area contributed by atoms with E-state index in [1.165, 1.54) is 0 Å². The Morgan fingerprint density at radius 2 is 1.94 bits per heavy atom. The van der Waals surface area contributed by atoms with Gasteiger partial charge < -0.3 is 5.43 Å². The van der Waals surface area contributed by atoms with Crippen LogP contribution in [0.5, 0.6) is 0 Å². The highest BCUT2D eigenvalue weighted by atomic mass is 19.2. The van der Waals surface area contributed by atoms with E-state index in [-0.39, 0.29) is 10.9 Å². The first kappa shape index (κ1) is 11.7. The van der Waals surface area contributed by atoms with Crippen molar-refractivity contribution in [1.29, 1.82) is 0 Å². The third-order valence-electron chi connectivity index (χ3n) is 2.51. The molecular formula is C11H10F3N3. The minimum Gasteiger partial charge on any atom is -0.323 e. The molecule has 0 saturated carbocycles. The van der Waals surface area contributed by atoms with Crippen LogP contribution < -0.4 is 11.3 Å². The second-order valence-electron chi connectivity index (χ2n) is 3.54. The summed E-state index contributed by atoms with van der Waals surface area (Å²) in [5, 5.41) is 0.112. The molecule has 0 radical (unpaired) electrons. The molecule has 17 heavy (non-hydrogen) atoms. The number of benzene rings is 1. The Balaban J connectivity index is 2.89. The van der Waals surface area contributed by atoms with Gasteiger partial charge in [0.15, 0.2) is 17.5 Å². The predicted octanol–water partition coefficient (Wildman–Crippen LogP) is 2.50. The molecule has 0 aliphatic carbocycles. The van der Waals surface area contributed by atoms with Gasteiger partial charge in [-0.1, -0.05) is 6.92 Å². The van der Waals surface area contributed by atoms with Crippen molar-refractivity contribution in [1.82, 2.24) is 4.98 Å². The predicted molar refractivity (Wildman–Crippen MR) is 58.8 cm³/mol. The largest absolute Gasteiger partial charge is 0.323 e. The molecule has 90 valence electrons. The number of fused-ring (bicyclic) bond motifs is 1. The van der Waals surface area contributed by atoms with E-state index in [0.717, 1.165) is 6.07 Å². The molecule has 0 amide bonds. The lowest BCUT2D eigenvalue weighted by molar-refractivity contribution is 0.452. The smallest absolute Gasteiger partial charge is 0.196 e. The minimum atomic E-state index is -1.53. The number of halogens is 3. The van der Waals surface area contributed by atoms with Gasteiger partial charge in [-0.2, -0.15) is 0 Å². The van der Waals surface area contributed by atoms with Crippen LogP contribution in [0.3, 0.4) is 0 Å². The molecule has 2 rings (SSSR count). The Labute approximate surface area is 95.4 Å². The monoisotopic (exact) mass is 241 g/mol. The van der Waals surface area contributed by atoms with E-state index in [0.29, 0.717) is 17.8 Å². The number of nitrogen functional groups attached to an aromatic ring is 1. The van der Waals surface area contributed by atoms with E-state index in [2.05, 4.69) is 10.4 Å². The standard InChI is InChI=1S/C11H10F3N3/c1-2-5-3-8(17-15)6-4-7(12)9(13)10(14)11(6)16-5/h3-4H,2,15H2,1H3,(H,16,17). The van der Waals surface area contributed by atoms with Crippen molar-refractivity contribution in [2.75, 3.05) is 5.43 Å². The number of rotatable bonds is 2. The summed E-state index contributed by atoms with van der Waals surface area (Å²) in [6, 6.07) is 2.44. The van der Waals surface area contributed by atoms with Gasteiger partial charge in [0.1, 0.15) is 5.52 Å². The third-order valence-corrected chi connectivity index (χ3v) is 2.51. The number of nitrogens with zero attached hydrogens (tertiary/aromatic N) is 1. The van der Waals surface area contributed by atoms with Crippen LogP contribution in [0.1, 0.15) is 12.6 Å². The Morgan fingerprint density at radius 3 is 2.53 bits per heavy atom. The number of aryl methyl sites for hydroxylation is 1. The van der Waals surface area contributed by atoms with Gasteiger partial charge in [0.05, 0.1) is 5.69 Å². The summed E-state index contributed by atoms with van der Waals surface area (Å²) < 4.78 is 39.7. The third kappa shape index (κ3) is 1.80. The van der Waals surface area contributed by atoms with Crippen LogP contribution in [0, 0.1) is 17.5 Å². The molecule has 1 aromatic carbocycles. The lowest BCUT2D eigenvalue weighted by Crippen LogP contribution is -2.09. The van der Waals surface area contributed by atoms with Crippen LogP contribution in [0.2, 0.25) is 0 Å². The number of nitrogens with two attached hydrogens (primary N) is 1. The van der Waals surface area contributed by atoms with Gasteiger partial charge in [-0.25, -0.2) is 18.2 Å². The molecular weight excluding hydrogens is 231 g/mol. The maximum absolute atomic E-state index is 13.5. The van der Waals surface area contributed by atoms with Crippen molar-refractivity contribution in [3.63, 3.8) is 0 Å². The highest BCUT2D eigenvalue weighted by Gasteiger charge is 2.17. The molecule has 3 nitrogen and oxygen atoms in total. The SMILES string of the molecule is CCc1cc(NN)c2cc(F)c(F)c(F)c2n1.